The number of aromatic nitrogens is 4. The maximum absolute atomic E-state index is 13.4. The highest BCUT2D eigenvalue weighted by Crippen LogP contribution is 2.26. The first kappa shape index (κ1) is 24.0. The van der Waals surface area contributed by atoms with Gasteiger partial charge in [-0.25, -0.2) is 0 Å². The third-order valence-electron chi connectivity index (χ3n) is 5.82. The third kappa shape index (κ3) is 4.87. The Kier molecular flexibility index (Phi) is 7.07. The van der Waals surface area contributed by atoms with Crippen molar-refractivity contribution in [1.29, 1.82) is 0 Å². The second-order valence-electron chi connectivity index (χ2n) is 9.22. The number of hydrogen-bond acceptors (Lipinski definition) is 5. The Bertz CT molecular complexity index is 1410. The zero-order valence-electron chi connectivity index (χ0n) is 20.3. The van der Waals surface area contributed by atoms with Crippen LogP contribution >= 0.6 is 11.8 Å². The second-order valence-corrected chi connectivity index (χ2v) is 10.2. The summed E-state index contributed by atoms with van der Waals surface area (Å²) in [4.78, 5) is 26.2. The van der Waals surface area contributed by atoms with Crippen molar-refractivity contribution in [2.24, 2.45) is 5.92 Å². The van der Waals surface area contributed by atoms with Gasteiger partial charge in [-0.1, -0.05) is 62.4 Å². The molecule has 0 radical (unpaired) electrons. The van der Waals surface area contributed by atoms with Gasteiger partial charge in [-0.2, -0.15) is 0 Å². The number of nitrogens with one attached hydrogen (secondary N) is 1. The van der Waals surface area contributed by atoms with Gasteiger partial charge in [0.2, 0.25) is 5.78 Å². The van der Waals surface area contributed by atoms with Crippen LogP contribution in [0.1, 0.15) is 55.6 Å². The van der Waals surface area contributed by atoms with E-state index in [1.165, 1.54) is 11.1 Å². The molecule has 1 atom stereocenters. The van der Waals surface area contributed by atoms with E-state index in [2.05, 4.69) is 54.5 Å². The van der Waals surface area contributed by atoms with Crippen molar-refractivity contribution in [1.82, 2.24) is 24.5 Å². The number of fused-ring (bicyclic) bond motifs is 3. The summed E-state index contributed by atoms with van der Waals surface area (Å²) in [5.74, 6) is 1.33. The maximum atomic E-state index is 13.4. The molecular formula is C26H31N5O2S. The lowest BCUT2D eigenvalue weighted by Gasteiger charge is -2.15. The number of nitrogens with zero attached hydrogens (tertiary/aromatic N) is 4. The molecule has 2 aromatic carbocycles. The quantitative estimate of drug-likeness (QED) is 0.368. The van der Waals surface area contributed by atoms with Gasteiger partial charge in [-0.05, 0) is 49.9 Å². The summed E-state index contributed by atoms with van der Waals surface area (Å²) >= 11 is 1.57. The van der Waals surface area contributed by atoms with Gasteiger partial charge in [0.15, 0.2) is 5.16 Å². The Morgan fingerprint density at radius 2 is 1.91 bits per heavy atom. The van der Waals surface area contributed by atoms with Crippen molar-refractivity contribution >= 4 is 34.3 Å². The lowest BCUT2D eigenvalue weighted by Crippen LogP contribution is -2.32. The molecule has 178 valence electrons. The average molecular weight is 478 g/mol. The molecule has 1 amide bonds. The molecule has 4 rings (SSSR count). The number of hydrogen-bond donors (Lipinski definition) is 1. The molecule has 0 saturated heterocycles. The average Bonchev–Trinajstić information content (AvgIpc) is 3.24. The molecule has 1 unspecified atom stereocenters. The van der Waals surface area contributed by atoms with Crippen LogP contribution in [-0.4, -0.2) is 31.1 Å². The van der Waals surface area contributed by atoms with Crippen LogP contribution in [0.25, 0.3) is 16.7 Å². The topological polar surface area (TPSA) is 81.3 Å². The summed E-state index contributed by atoms with van der Waals surface area (Å²) in [5.41, 5.74) is 3.44. The van der Waals surface area contributed by atoms with Crippen molar-refractivity contribution < 1.29 is 4.79 Å². The van der Waals surface area contributed by atoms with Crippen LogP contribution in [0.2, 0.25) is 0 Å². The molecular weight excluding hydrogens is 446 g/mol. The summed E-state index contributed by atoms with van der Waals surface area (Å²) in [7, 11) is 0. The van der Waals surface area contributed by atoms with Crippen molar-refractivity contribution in [2.75, 3.05) is 0 Å². The van der Waals surface area contributed by atoms with Crippen LogP contribution in [0.15, 0.2) is 52.4 Å². The minimum absolute atomic E-state index is 0.0672. The van der Waals surface area contributed by atoms with Crippen LogP contribution in [0, 0.1) is 12.8 Å². The van der Waals surface area contributed by atoms with E-state index in [4.69, 9.17) is 0 Å². The van der Waals surface area contributed by atoms with Crippen LogP contribution in [0.5, 0.6) is 0 Å². The van der Waals surface area contributed by atoms with Crippen molar-refractivity contribution in [3.05, 3.63) is 69.5 Å². The summed E-state index contributed by atoms with van der Waals surface area (Å²) in [6.07, 6.45) is 0.842. The SMILES string of the molecule is CCC(C)NC(=O)c1ccc2c(=O)n(CC(C)C)c3nnc(SCc4cccc(C)c4)n3c2c1. The summed E-state index contributed by atoms with van der Waals surface area (Å²) in [6, 6.07) is 13.7. The fraction of sp³-hybridized carbons (Fsp3) is 0.385. The van der Waals surface area contributed by atoms with E-state index in [1.807, 2.05) is 24.3 Å². The van der Waals surface area contributed by atoms with Gasteiger partial charge in [-0.15, -0.1) is 10.2 Å². The molecule has 4 aromatic rings. The molecule has 0 aliphatic rings. The number of amides is 1. The number of thioether (sulfide) groups is 1. The highest BCUT2D eigenvalue weighted by molar-refractivity contribution is 7.98. The molecule has 0 fully saturated rings. The molecule has 2 aromatic heterocycles. The molecule has 34 heavy (non-hydrogen) atoms. The van der Waals surface area contributed by atoms with E-state index < -0.39 is 0 Å². The molecule has 7 nitrogen and oxygen atoms in total. The summed E-state index contributed by atoms with van der Waals surface area (Å²) < 4.78 is 3.61. The normalized spacial score (nSPS) is 12.5. The Labute approximate surface area is 203 Å². The first-order chi connectivity index (χ1) is 16.3. The maximum Gasteiger partial charge on any atom is 0.262 e. The first-order valence-corrected chi connectivity index (χ1v) is 12.7. The number of carbonyl (C=O) groups is 1. The molecule has 1 N–H and O–H groups in total. The lowest BCUT2D eigenvalue weighted by molar-refractivity contribution is 0.0939. The number of benzene rings is 2. The fourth-order valence-electron chi connectivity index (χ4n) is 3.91. The van der Waals surface area contributed by atoms with E-state index in [1.54, 1.807) is 34.5 Å². The highest BCUT2D eigenvalue weighted by Gasteiger charge is 2.19. The number of rotatable bonds is 8. The van der Waals surface area contributed by atoms with E-state index in [-0.39, 0.29) is 23.4 Å². The summed E-state index contributed by atoms with van der Waals surface area (Å²) in [5, 5.41) is 13.1. The van der Waals surface area contributed by atoms with Gasteiger partial charge < -0.3 is 5.32 Å². The van der Waals surface area contributed by atoms with Crippen molar-refractivity contribution in [3.8, 4) is 0 Å². The monoisotopic (exact) mass is 477 g/mol. The molecule has 8 heteroatoms. The van der Waals surface area contributed by atoms with Crippen molar-refractivity contribution in [3.63, 3.8) is 0 Å². The second kappa shape index (κ2) is 10.0. The molecule has 0 bridgehead atoms. The smallest absolute Gasteiger partial charge is 0.262 e. The largest absolute Gasteiger partial charge is 0.350 e. The van der Waals surface area contributed by atoms with Crippen molar-refractivity contribution in [2.45, 2.75) is 64.5 Å². The van der Waals surface area contributed by atoms with Gasteiger partial charge in [0, 0.05) is 23.9 Å². The highest BCUT2D eigenvalue weighted by atomic mass is 32.2. The van der Waals surface area contributed by atoms with Gasteiger partial charge in [0.1, 0.15) is 0 Å². The molecule has 0 aliphatic heterocycles. The van der Waals surface area contributed by atoms with E-state index >= 15 is 0 Å². The first-order valence-electron chi connectivity index (χ1n) is 11.7. The lowest BCUT2D eigenvalue weighted by atomic mass is 10.1. The Morgan fingerprint density at radius 3 is 2.62 bits per heavy atom. The van der Waals surface area contributed by atoms with Gasteiger partial charge >= 0.3 is 0 Å². The third-order valence-corrected chi connectivity index (χ3v) is 6.82. The predicted octanol–water partition coefficient (Wildman–Crippen LogP) is 4.83. The number of carbonyl (C=O) groups excluding carboxylic acids is 1. The Balaban J connectivity index is 1.86. The van der Waals surface area contributed by atoms with Crippen LogP contribution < -0.4 is 10.9 Å². The van der Waals surface area contributed by atoms with E-state index in [0.29, 0.717) is 33.9 Å². The molecule has 0 spiro atoms. The molecule has 0 aliphatic carbocycles. The fourth-order valence-corrected chi connectivity index (χ4v) is 4.79. The molecule has 2 heterocycles. The number of aryl methyl sites for hydroxylation is 1. The van der Waals surface area contributed by atoms with E-state index in [0.717, 1.165) is 12.2 Å². The minimum atomic E-state index is -0.155. The summed E-state index contributed by atoms with van der Waals surface area (Å²) in [6.45, 7) is 10.8. The van der Waals surface area contributed by atoms with E-state index in [9.17, 15) is 9.59 Å². The van der Waals surface area contributed by atoms with Gasteiger partial charge in [-0.3, -0.25) is 18.6 Å². The van der Waals surface area contributed by atoms with Gasteiger partial charge in [0.05, 0.1) is 10.9 Å². The standard InChI is InChI=1S/C26H31N5O2S/c1-6-18(5)27-23(32)20-10-11-21-22(13-20)31-25(30(24(21)33)14-16(2)3)28-29-26(31)34-15-19-9-7-8-17(4)12-19/h7-13,16,18H,6,14-15H2,1-5H3,(H,27,32). The Morgan fingerprint density at radius 1 is 1.12 bits per heavy atom. The predicted molar refractivity (Wildman–Crippen MR) is 138 cm³/mol. The van der Waals surface area contributed by atoms with Gasteiger partial charge in [0.25, 0.3) is 11.5 Å². The van der Waals surface area contributed by atoms with Crippen LogP contribution in [-0.2, 0) is 12.3 Å². The van der Waals surface area contributed by atoms with Crippen LogP contribution in [0.4, 0.5) is 0 Å². The van der Waals surface area contributed by atoms with Crippen LogP contribution in [0.3, 0.4) is 0 Å². The Hall–Kier alpha value is -3.13. The minimum Gasteiger partial charge on any atom is -0.350 e. The zero-order valence-corrected chi connectivity index (χ0v) is 21.1. The molecule has 0 saturated carbocycles. The zero-order chi connectivity index (χ0) is 24.4.